The quantitative estimate of drug-likeness (QED) is 0.456. The Morgan fingerprint density at radius 2 is 1.70 bits per heavy atom. The summed E-state index contributed by atoms with van der Waals surface area (Å²) in [5, 5.41) is 0. The van der Waals surface area contributed by atoms with Crippen LogP contribution >= 0.6 is 0 Å². The Morgan fingerprint density at radius 1 is 1.04 bits per heavy atom. The second-order valence-electron chi connectivity index (χ2n) is 6.58. The van der Waals surface area contributed by atoms with Crippen LogP contribution in [0.2, 0.25) is 0 Å². The van der Waals surface area contributed by atoms with Gasteiger partial charge in [0, 0.05) is 18.4 Å². The van der Waals surface area contributed by atoms with Gasteiger partial charge in [0.2, 0.25) is 0 Å². The lowest BCUT2D eigenvalue weighted by Gasteiger charge is -2.19. The van der Waals surface area contributed by atoms with Crippen molar-refractivity contribution in [2.45, 2.75) is 52.1 Å². The topological polar surface area (TPSA) is 61.8 Å². The molecule has 0 unspecified atom stereocenters. The van der Waals surface area contributed by atoms with Gasteiger partial charge in [-0.25, -0.2) is 0 Å². The molecule has 1 aromatic carbocycles. The lowest BCUT2D eigenvalue weighted by Crippen LogP contribution is -2.23. The highest BCUT2D eigenvalue weighted by molar-refractivity contribution is 5.96. The Bertz CT molecular complexity index is 571. The van der Waals surface area contributed by atoms with Gasteiger partial charge >= 0.3 is 5.97 Å². The van der Waals surface area contributed by atoms with Gasteiger partial charge < -0.3 is 14.2 Å². The number of hydrogen-bond acceptors (Lipinski definition) is 5. The number of ether oxygens (including phenoxy) is 3. The van der Waals surface area contributed by atoms with Crippen molar-refractivity contribution in [1.29, 1.82) is 0 Å². The van der Waals surface area contributed by atoms with Crippen molar-refractivity contribution in [2.75, 3.05) is 13.2 Å². The van der Waals surface area contributed by atoms with Crippen molar-refractivity contribution in [3.63, 3.8) is 0 Å². The van der Waals surface area contributed by atoms with Crippen LogP contribution in [0.4, 0.5) is 0 Å². The van der Waals surface area contributed by atoms with Crippen LogP contribution in [0, 0.1) is 0 Å². The van der Waals surface area contributed by atoms with Gasteiger partial charge in [-0.15, -0.1) is 0 Å². The molecule has 0 fully saturated rings. The van der Waals surface area contributed by atoms with E-state index < -0.39 is 5.60 Å². The van der Waals surface area contributed by atoms with E-state index in [1.165, 1.54) is 0 Å². The molecule has 5 nitrogen and oxygen atoms in total. The molecule has 23 heavy (non-hydrogen) atoms. The monoisotopic (exact) mass is 320 g/mol. The maximum atomic E-state index is 12.2. The summed E-state index contributed by atoms with van der Waals surface area (Å²) in [6.07, 6.45) is 2.05. The van der Waals surface area contributed by atoms with Crippen molar-refractivity contribution >= 4 is 11.8 Å². The molecular weight excluding hydrogens is 296 g/mol. The molecule has 0 N–H and O–H groups in total. The van der Waals surface area contributed by atoms with Gasteiger partial charge in [-0.3, -0.25) is 9.59 Å². The first-order chi connectivity index (χ1) is 10.8. The van der Waals surface area contributed by atoms with E-state index in [-0.39, 0.29) is 11.8 Å². The lowest BCUT2D eigenvalue weighted by atomic mass is 10.0. The molecule has 0 saturated carbocycles. The maximum Gasteiger partial charge on any atom is 0.306 e. The molecule has 0 bridgehead atoms. The number of rotatable bonds is 6. The number of esters is 1. The summed E-state index contributed by atoms with van der Waals surface area (Å²) in [6.45, 7) is 6.56. The smallest absolute Gasteiger partial charge is 0.306 e. The molecule has 0 atom stereocenters. The molecule has 1 aliphatic heterocycles. The minimum Gasteiger partial charge on any atom is -0.486 e. The Morgan fingerprint density at radius 3 is 2.39 bits per heavy atom. The highest BCUT2D eigenvalue weighted by atomic mass is 16.6. The average molecular weight is 320 g/mol. The summed E-state index contributed by atoms with van der Waals surface area (Å²) in [5.74, 6) is 1.13. The first-order valence-corrected chi connectivity index (χ1v) is 8.00. The van der Waals surface area contributed by atoms with E-state index in [0.29, 0.717) is 56.0 Å². The Hall–Kier alpha value is -2.04. The molecule has 0 saturated heterocycles. The third kappa shape index (κ3) is 5.58. The van der Waals surface area contributed by atoms with Crippen molar-refractivity contribution in [3.05, 3.63) is 23.8 Å². The van der Waals surface area contributed by atoms with E-state index in [2.05, 4.69) is 0 Å². The number of Topliss-reactive ketones (excluding diaryl/α,β-unsaturated/α-hetero) is 1. The van der Waals surface area contributed by atoms with Crippen LogP contribution in [-0.4, -0.2) is 30.6 Å². The van der Waals surface area contributed by atoms with Gasteiger partial charge in [-0.1, -0.05) is 0 Å². The van der Waals surface area contributed by atoms with Gasteiger partial charge in [0.25, 0.3) is 0 Å². The fraction of sp³-hybridized carbons (Fsp3) is 0.556. The van der Waals surface area contributed by atoms with Gasteiger partial charge in [-0.05, 0) is 51.8 Å². The van der Waals surface area contributed by atoms with Crippen LogP contribution < -0.4 is 9.47 Å². The number of benzene rings is 1. The molecule has 0 aromatic heterocycles. The summed E-state index contributed by atoms with van der Waals surface area (Å²) in [5.41, 5.74) is 0.157. The fourth-order valence-electron chi connectivity index (χ4n) is 2.31. The first kappa shape index (κ1) is 17.3. The summed E-state index contributed by atoms with van der Waals surface area (Å²) in [6, 6.07) is 5.25. The minimum absolute atomic E-state index is 0.0474. The molecule has 1 heterocycles. The summed E-state index contributed by atoms with van der Waals surface area (Å²) < 4.78 is 16.2. The SMILES string of the molecule is CC(C)(C)OC(=O)CCCCC(=O)c1ccc2c(c1)OCCO2. The van der Waals surface area contributed by atoms with Crippen LogP contribution in [0.25, 0.3) is 0 Å². The van der Waals surface area contributed by atoms with E-state index in [1.807, 2.05) is 20.8 Å². The number of ketones is 1. The summed E-state index contributed by atoms with van der Waals surface area (Å²) >= 11 is 0. The largest absolute Gasteiger partial charge is 0.486 e. The van der Waals surface area contributed by atoms with Crippen molar-refractivity contribution in [1.82, 2.24) is 0 Å². The lowest BCUT2D eigenvalue weighted by molar-refractivity contribution is -0.154. The van der Waals surface area contributed by atoms with E-state index >= 15 is 0 Å². The van der Waals surface area contributed by atoms with Crippen molar-refractivity contribution < 1.29 is 23.8 Å². The van der Waals surface area contributed by atoms with Gasteiger partial charge in [0.1, 0.15) is 18.8 Å². The molecule has 0 spiro atoms. The predicted molar refractivity (Wildman–Crippen MR) is 86.1 cm³/mol. The second-order valence-corrected chi connectivity index (χ2v) is 6.58. The number of unbranched alkanes of at least 4 members (excludes halogenated alkanes) is 1. The van der Waals surface area contributed by atoms with Crippen molar-refractivity contribution in [2.24, 2.45) is 0 Å². The molecular formula is C18H24O5. The third-order valence-electron chi connectivity index (χ3n) is 3.32. The number of hydrogen-bond donors (Lipinski definition) is 0. The van der Waals surface area contributed by atoms with Crippen LogP contribution in [-0.2, 0) is 9.53 Å². The number of fused-ring (bicyclic) bond motifs is 1. The molecule has 5 heteroatoms. The van der Waals surface area contributed by atoms with Gasteiger partial charge in [0.05, 0.1) is 0 Å². The van der Waals surface area contributed by atoms with E-state index in [4.69, 9.17) is 14.2 Å². The zero-order chi connectivity index (χ0) is 16.9. The number of carbonyl (C=O) groups is 2. The fourth-order valence-corrected chi connectivity index (χ4v) is 2.31. The first-order valence-electron chi connectivity index (χ1n) is 8.00. The standard InChI is InChI=1S/C18H24O5/c1-18(2,3)23-17(20)7-5-4-6-14(19)13-8-9-15-16(12-13)22-11-10-21-15/h8-9,12H,4-7,10-11H2,1-3H3. The number of carbonyl (C=O) groups excluding carboxylic acids is 2. The highest BCUT2D eigenvalue weighted by Gasteiger charge is 2.17. The van der Waals surface area contributed by atoms with Crippen LogP contribution in [0.15, 0.2) is 18.2 Å². The molecule has 1 aromatic rings. The Labute approximate surface area is 136 Å². The molecule has 1 aliphatic rings. The van der Waals surface area contributed by atoms with Crippen LogP contribution in [0.1, 0.15) is 56.8 Å². The molecule has 2 rings (SSSR count). The van der Waals surface area contributed by atoms with Crippen LogP contribution in [0.5, 0.6) is 11.5 Å². The molecule has 0 aliphatic carbocycles. The van der Waals surface area contributed by atoms with E-state index in [1.54, 1.807) is 18.2 Å². The third-order valence-corrected chi connectivity index (χ3v) is 3.32. The Kier molecular flexibility index (Phi) is 5.64. The van der Waals surface area contributed by atoms with Gasteiger partial charge in [-0.2, -0.15) is 0 Å². The normalized spacial score (nSPS) is 13.5. The molecule has 0 radical (unpaired) electrons. The van der Waals surface area contributed by atoms with E-state index in [9.17, 15) is 9.59 Å². The Balaban J connectivity index is 1.76. The zero-order valence-electron chi connectivity index (χ0n) is 14.0. The summed E-state index contributed by atoms with van der Waals surface area (Å²) in [4.78, 5) is 23.8. The van der Waals surface area contributed by atoms with E-state index in [0.717, 1.165) is 0 Å². The molecule has 126 valence electrons. The maximum absolute atomic E-state index is 12.2. The van der Waals surface area contributed by atoms with Crippen molar-refractivity contribution in [3.8, 4) is 11.5 Å². The second kappa shape index (κ2) is 7.49. The minimum atomic E-state index is -0.460. The van der Waals surface area contributed by atoms with Crippen LogP contribution in [0.3, 0.4) is 0 Å². The molecule has 0 amide bonds. The average Bonchev–Trinajstić information content (AvgIpc) is 2.49. The zero-order valence-corrected chi connectivity index (χ0v) is 14.0. The van der Waals surface area contributed by atoms with Gasteiger partial charge in [0.15, 0.2) is 17.3 Å². The predicted octanol–water partition coefficient (Wildman–Crippen LogP) is 3.54. The highest BCUT2D eigenvalue weighted by Crippen LogP contribution is 2.31. The summed E-state index contributed by atoms with van der Waals surface area (Å²) in [7, 11) is 0.